The van der Waals surface area contributed by atoms with Gasteiger partial charge in [-0.1, -0.05) is 19.8 Å². The lowest BCUT2D eigenvalue weighted by Crippen LogP contribution is -2.36. The molecule has 1 aliphatic carbocycles. The molecule has 1 fully saturated rings. The van der Waals surface area contributed by atoms with Crippen LogP contribution in [0, 0.1) is 11.7 Å². The molecule has 0 radical (unpaired) electrons. The van der Waals surface area contributed by atoms with Gasteiger partial charge in [0.2, 0.25) is 0 Å². The highest BCUT2D eigenvalue weighted by molar-refractivity contribution is 9.10. The fraction of sp³-hybridized carbons (Fsp3) is 0.615. The van der Waals surface area contributed by atoms with Crippen LogP contribution in [0.4, 0.5) is 10.2 Å². The van der Waals surface area contributed by atoms with Crippen molar-refractivity contribution in [3.63, 3.8) is 0 Å². The van der Waals surface area contributed by atoms with Crippen molar-refractivity contribution in [1.29, 1.82) is 0 Å². The maximum atomic E-state index is 13.8. The third kappa shape index (κ3) is 2.97. The van der Waals surface area contributed by atoms with E-state index in [4.69, 9.17) is 0 Å². The van der Waals surface area contributed by atoms with Crippen LogP contribution in [0.15, 0.2) is 16.7 Å². The second-order valence-corrected chi connectivity index (χ2v) is 5.91. The quantitative estimate of drug-likeness (QED) is 0.821. The number of pyridine rings is 1. The Balaban J connectivity index is 2.15. The highest BCUT2D eigenvalue weighted by atomic mass is 79.9. The zero-order valence-electron chi connectivity index (χ0n) is 10.3. The molecule has 2 nitrogen and oxygen atoms in total. The van der Waals surface area contributed by atoms with Crippen molar-refractivity contribution in [2.45, 2.75) is 38.6 Å². The van der Waals surface area contributed by atoms with Crippen LogP contribution >= 0.6 is 15.9 Å². The van der Waals surface area contributed by atoms with E-state index in [1.807, 2.05) is 11.9 Å². The van der Waals surface area contributed by atoms with Gasteiger partial charge in [0.1, 0.15) is 0 Å². The van der Waals surface area contributed by atoms with Crippen LogP contribution in [-0.4, -0.2) is 18.1 Å². The molecule has 0 aliphatic heterocycles. The number of anilines is 1. The molecular weight excluding hydrogens is 283 g/mol. The molecule has 0 bridgehead atoms. The van der Waals surface area contributed by atoms with E-state index in [1.54, 1.807) is 6.20 Å². The standard InChI is InChI=1S/C13H18BrFN2/c1-9-4-3-5-11(6-9)17(2)13-12(15)7-10(14)8-16-13/h7-9,11H,3-6H2,1-2H3. The Hall–Kier alpha value is -0.640. The Bertz CT molecular complexity index is 397. The van der Waals surface area contributed by atoms with Gasteiger partial charge in [0, 0.05) is 23.8 Å². The third-order valence-electron chi connectivity index (χ3n) is 3.58. The van der Waals surface area contributed by atoms with Gasteiger partial charge in [0.05, 0.1) is 0 Å². The fourth-order valence-electron chi connectivity index (χ4n) is 2.59. The summed E-state index contributed by atoms with van der Waals surface area (Å²) in [6, 6.07) is 1.90. The molecular formula is C13H18BrFN2. The second-order valence-electron chi connectivity index (χ2n) is 5.00. The van der Waals surface area contributed by atoms with E-state index in [0.29, 0.717) is 16.3 Å². The van der Waals surface area contributed by atoms with Crippen molar-refractivity contribution in [2.24, 2.45) is 5.92 Å². The number of nitrogens with zero attached hydrogens (tertiary/aromatic N) is 2. The predicted octanol–water partition coefficient (Wildman–Crippen LogP) is 4.00. The van der Waals surface area contributed by atoms with E-state index < -0.39 is 0 Å². The summed E-state index contributed by atoms with van der Waals surface area (Å²) in [5, 5.41) is 0. The van der Waals surface area contributed by atoms with Crippen molar-refractivity contribution >= 4 is 21.7 Å². The first-order chi connectivity index (χ1) is 8.08. The number of hydrogen-bond acceptors (Lipinski definition) is 2. The Kier molecular flexibility index (Phi) is 4.02. The van der Waals surface area contributed by atoms with Crippen molar-refractivity contribution in [2.75, 3.05) is 11.9 Å². The molecule has 0 saturated heterocycles. The largest absolute Gasteiger partial charge is 0.354 e. The van der Waals surface area contributed by atoms with Gasteiger partial charge in [0.25, 0.3) is 0 Å². The highest BCUT2D eigenvalue weighted by Crippen LogP contribution is 2.30. The third-order valence-corrected chi connectivity index (χ3v) is 4.01. The van der Waals surface area contributed by atoms with E-state index in [-0.39, 0.29) is 5.82 Å². The molecule has 2 unspecified atom stereocenters. The molecule has 94 valence electrons. The van der Waals surface area contributed by atoms with Crippen molar-refractivity contribution in [3.05, 3.63) is 22.6 Å². The lowest BCUT2D eigenvalue weighted by atomic mass is 9.86. The summed E-state index contributed by atoms with van der Waals surface area (Å²) >= 11 is 3.23. The van der Waals surface area contributed by atoms with Crippen LogP contribution in [0.3, 0.4) is 0 Å². The van der Waals surface area contributed by atoms with Gasteiger partial charge in [-0.2, -0.15) is 0 Å². The van der Waals surface area contributed by atoms with E-state index >= 15 is 0 Å². The predicted molar refractivity (Wildman–Crippen MR) is 71.7 cm³/mol. The first-order valence-electron chi connectivity index (χ1n) is 6.12. The zero-order valence-corrected chi connectivity index (χ0v) is 11.9. The van der Waals surface area contributed by atoms with Crippen LogP contribution in [0.2, 0.25) is 0 Å². The van der Waals surface area contributed by atoms with Gasteiger partial charge >= 0.3 is 0 Å². The summed E-state index contributed by atoms with van der Waals surface area (Å²) in [5.74, 6) is 0.946. The van der Waals surface area contributed by atoms with Crippen LogP contribution < -0.4 is 4.90 Å². The van der Waals surface area contributed by atoms with Gasteiger partial charge in [-0.3, -0.25) is 0 Å². The molecule has 1 aromatic heterocycles. The van der Waals surface area contributed by atoms with Gasteiger partial charge in [0.15, 0.2) is 11.6 Å². The maximum absolute atomic E-state index is 13.8. The molecule has 1 aromatic rings. The molecule has 0 N–H and O–H groups in total. The van der Waals surface area contributed by atoms with Gasteiger partial charge in [-0.05, 0) is 40.8 Å². The number of hydrogen-bond donors (Lipinski definition) is 0. The second kappa shape index (κ2) is 5.34. The lowest BCUT2D eigenvalue weighted by Gasteiger charge is -2.35. The molecule has 2 rings (SSSR count). The first kappa shape index (κ1) is 12.8. The molecule has 4 heteroatoms. The Morgan fingerprint density at radius 1 is 1.47 bits per heavy atom. The maximum Gasteiger partial charge on any atom is 0.166 e. The Morgan fingerprint density at radius 2 is 2.24 bits per heavy atom. The molecule has 2 atom stereocenters. The molecule has 0 amide bonds. The molecule has 0 spiro atoms. The van der Waals surface area contributed by atoms with Crippen LogP contribution in [0.5, 0.6) is 0 Å². The van der Waals surface area contributed by atoms with E-state index in [9.17, 15) is 4.39 Å². The monoisotopic (exact) mass is 300 g/mol. The fourth-order valence-corrected chi connectivity index (χ4v) is 2.90. The molecule has 1 aliphatic rings. The van der Waals surface area contributed by atoms with Gasteiger partial charge in [-0.25, -0.2) is 9.37 Å². The van der Waals surface area contributed by atoms with Gasteiger partial charge in [-0.15, -0.1) is 0 Å². The molecule has 17 heavy (non-hydrogen) atoms. The topological polar surface area (TPSA) is 16.1 Å². The first-order valence-corrected chi connectivity index (χ1v) is 6.91. The van der Waals surface area contributed by atoms with E-state index in [2.05, 4.69) is 27.8 Å². The smallest absolute Gasteiger partial charge is 0.166 e. The van der Waals surface area contributed by atoms with Crippen LogP contribution in [-0.2, 0) is 0 Å². The van der Waals surface area contributed by atoms with E-state index in [1.165, 1.54) is 18.9 Å². The van der Waals surface area contributed by atoms with Crippen molar-refractivity contribution in [1.82, 2.24) is 4.98 Å². The van der Waals surface area contributed by atoms with Crippen LogP contribution in [0.25, 0.3) is 0 Å². The average Bonchev–Trinajstić information content (AvgIpc) is 2.28. The SMILES string of the molecule is CC1CCCC(N(C)c2ncc(Br)cc2F)C1. The summed E-state index contributed by atoms with van der Waals surface area (Å²) in [4.78, 5) is 6.18. The summed E-state index contributed by atoms with van der Waals surface area (Å²) in [6.45, 7) is 2.27. The highest BCUT2D eigenvalue weighted by Gasteiger charge is 2.24. The summed E-state index contributed by atoms with van der Waals surface area (Å²) in [6.07, 6.45) is 6.45. The minimum atomic E-state index is -0.250. The number of halogens is 2. The normalized spacial score (nSPS) is 24.7. The minimum Gasteiger partial charge on any atom is -0.354 e. The summed E-state index contributed by atoms with van der Waals surface area (Å²) < 4.78 is 14.5. The zero-order chi connectivity index (χ0) is 12.4. The lowest BCUT2D eigenvalue weighted by molar-refractivity contribution is 0.334. The van der Waals surface area contributed by atoms with Crippen molar-refractivity contribution < 1.29 is 4.39 Å². The number of aromatic nitrogens is 1. The summed E-state index contributed by atoms with van der Waals surface area (Å²) in [5.41, 5.74) is 0. The Labute approximate surface area is 110 Å². The molecule has 0 aromatic carbocycles. The number of rotatable bonds is 2. The minimum absolute atomic E-state index is 0.250. The van der Waals surface area contributed by atoms with Crippen molar-refractivity contribution in [3.8, 4) is 0 Å². The molecule has 1 heterocycles. The van der Waals surface area contributed by atoms with E-state index in [0.717, 1.165) is 18.8 Å². The summed E-state index contributed by atoms with van der Waals surface area (Å²) in [7, 11) is 1.95. The molecule has 1 saturated carbocycles. The average molecular weight is 301 g/mol. The van der Waals surface area contributed by atoms with Gasteiger partial charge < -0.3 is 4.90 Å². The Morgan fingerprint density at radius 3 is 2.88 bits per heavy atom. The van der Waals surface area contributed by atoms with Crippen LogP contribution in [0.1, 0.15) is 32.6 Å².